The Morgan fingerprint density at radius 2 is 2.17 bits per heavy atom. The lowest BCUT2D eigenvalue weighted by Crippen LogP contribution is -2.40. The summed E-state index contributed by atoms with van der Waals surface area (Å²) in [6.45, 7) is 1.34. The SMILES string of the molecule is NC1CCN(c2c(F)c(Cl)c(-c3ccc4nc(NC=O)sc4c3)c3cn[nH]c23)CC1. The summed E-state index contributed by atoms with van der Waals surface area (Å²) in [5.74, 6) is -0.466. The molecule has 154 valence electrons. The number of hydrogen-bond donors (Lipinski definition) is 3. The third-order valence-electron chi connectivity index (χ3n) is 5.48. The molecule has 3 heterocycles. The van der Waals surface area contributed by atoms with E-state index in [1.54, 1.807) is 6.20 Å². The van der Waals surface area contributed by atoms with Crippen molar-refractivity contribution in [2.45, 2.75) is 18.9 Å². The van der Waals surface area contributed by atoms with Crippen LogP contribution in [-0.2, 0) is 4.79 Å². The van der Waals surface area contributed by atoms with Crippen LogP contribution in [0.5, 0.6) is 0 Å². The van der Waals surface area contributed by atoms with Crippen LogP contribution in [0, 0.1) is 5.82 Å². The van der Waals surface area contributed by atoms with Crippen LogP contribution in [-0.4, -0.2) is 40.7 Å². The first-order valence-corrected chi connectivity index (χ1v) is 10.7. The third-order valence-corrected chi connectivity index (χ3v) is 6.79. The number of carbonyl (C=O) groups excluding carboxylic acids is 1. The Labute approximate surface area is 180 Å². The smallest absolute Gasteiger partial charge is 0.213 e. The highest BCUT2D eigenvalue weighted by molar-refractivity contribution is 7.22. The van der Waals surface area contributed by atoms with Crippen LogP contribution in [0.4, 0.5) is 15.2 Å². The number of anilines is 2. The summed E-state index contributed by atoms with van der Waals surface area (Å²) in [6.07, 6.45) is 3.86. The molecule has 1 amide bonds. The second-order valence-corrected chi connectivity index (χ2v) is 8.71. The van der Waals surface area contributed by atoms with Gasteiger partial charge >= 0.3 is 0 Å². The Hall–Kier alpha value is -2.75. The van der Waals surface area contributed by atoms with Crippen LogP contribution in [0.15, 0.2) is 24.4 Å². The maximum absolute atomic E-state index is 15.5. The van der Waals surface area contributed by atoms with Crippen molar-refractivity contribution in [3.8, 4) is 11.1 Å². The molecule has 4 N–H and O–H groups in total. The highest BCUT2D eigenvalue weighted by Crippen LogP contribution is 2.44. The Morgan fingerprint density at radius 1 is 1.37 bits per heavy atom. The number of H-pyrrole nitrogens is 1. The summed E-state index contributed by atoms with van der Waals surface area (Å²) in [5.41, 5.74) is 9.15. The quantitative estimate of drug-likeness (QED) is 0.411. The van der Waals surface area contributed by atoms with E-state index in [9.17, 15) is 4.79 Å². The molecule has 7 nitrogen and oxygen atoms in total. The van der Waals surface area contributed by atoms with Crippen molar-refractivity contribution < 1.29 is 9.18 Å². The Morgan fingerprint density at radius 3 is 2.93 bits per heavy atom. The minimum Gasteiger partial charge on any atom is -0.367 e. The summed E-state index contributed by atoms with van der Waals surface area (Å²) < 4.78 is 16.4. The van der Waals surface area contributed by atoms with Crippen molar-refractivity contribution >= 4 is 61.3 Å². The van der Waals surface area contributed by atoms with E-state index in [0.717, 1.165) is 34.0 Å². The molecular formula is C20H18ClFN6OS. The van der Waals surface area contributed by atoms with E-state index in [1.165, 1.54) is 11.3 Å². The van der Waals surface area contributed by atoms with E-state index in [4.69, 9.17) is 17.3 Å². The molecule has 0 aliphatic carbocycles. The standard InChI is InChI=1S/C20H18ClFN6OS/c21-16-15(10-1-2-13-14(7-10)30-20(26-13)24-9-29)12-8-25-27-18(12)19(17(16)22)28-5-3-11(23)4-6-28/h1-2,7-9,11H,3-6,23H2,(H,25,27)(H,24,26,29). The van der Waals surface area contributed by atoms with Crippen LogP contribution < -0.4 is 16.0 Å². The third kappa shape index (κ3) is 3.10. The lowest BCUT2D eigenvalue weighted by atomic mass is 9.98. The average molecular weight is 445 g/mol. The van der Waals surface area contributed by atoms with Crippen LogP contribution >= 0.6 is 22.9 Å². The maximum atomic E-state index is 15.5. The second kappa shape index (κ2) is 7.50. The van der Waals surface area contributed by atoms with Gasteiger partial charge in [-0.25, -0.2) is 9.37 Å². The molecule has 1 aliphatic rings. The molecule has 1 saturated heterocycles. The Balaban J connectivity index is 1.66. The molecule has 1 fully saturated rings. The van der Waals surface area contributed by atoms with Crippen molar-refractivity contribution in [1.82, 2.24) is 15.2 Å². The first-order valence-electron chi connectivity index (χ1n) is 9.52. The average Bonchev–Trinajstić information content (AvgIpc) is 3.36. The number of nitrogens with two attached hydrogens (primary N) is 1. The van der Waals surface area contributed by atoms with Gasteiger partial charge in [0.15, 0.2) is 10.9 Å². The zero-order chi connectivity index (χ0) is 20.8. The number of fused-ring (bicyclic) bond motifs is 2. The van der Waals surface area contributed by atoms with Crippen molar-refractivity contribution in [3.05, 3.63) is 35.2 Å². The zero-order valence-electron chi connectivity index (χ0n) is 15.8. The number of nitrogens with one attached hydrogen (secondary N) is 2. The van der Waals surface area contributed by atoms with E-state index < -0.39 is 5.82 Å². The maximum Gasteiger partial charge on any atom is 0.213 e. The summed E-state index contributed by atoms with van der Waals surface area (Å²) >= 11 is 7.92. The molecule has 5 rings (SSSR count). The van der Waals surface area contributed by atoms with Crippen molar-refractivity contribution in [2.24, 2.45) is 5.73 Å². The van der Waals surface area contributed by atoms with Gasteiger partial charge in [0.25, 0.3) is 0 Å². The van der Waals surface area contributed by atoms with Crippen LogP contribution in [0.2, 0.25) is 5.02 Å². The van der Waals surface area contributed by atoms with Gasteiger partial charge < -0.3 is 16.0 Å². The second-order valence-electron chi connectivity index (χ2n) is 7.30. The highest BCUT2D eigenvalue weighted by Gasteiger charge is 2.27. The van der Waals surface area contributed by atoms with Gasteiger partial charge in [-0.1, -0.05) is 29.0 Å². The summed E-state index contributed by atoms with van der Waals surface area (Å²) in [5, 5.41) is 11.0. The monoisotopic (exact) mass is 444 g/mol. The van der Waals surface area contributed by atoms with Gasteiger partial charge in [0, 0.05) is 30.1 Å². The molecule has 0 radical (unpaired) electrons. The molecular weight excluding hydrogens is 427 g/mol. The van der Waals surface area contributed by atoms with Gasteiger partial charge in [-0.15, -0.1) is 0 Å². The Bertz CT molecular complexity index is 1260. The van der Waals surface area contributed by atoms with Gasteiger partial charge in [-0.3, -0.25) is 9.89 Å². The van der Waals surface area contributed by atoms with E-state index in [2.05, 4.69) is 20.5 Å². The van der Waals surface area contributed by atoms with Crippen LogP contribution in [0.25, 0.3) is 32.2 Å². The fourth-order valence-corrected chi connectivity index (χ4v) is 5.16. The van der Waals surface area contributed by atoms with Gasteiger partial charge in [-0.2, -0.15) is 5.10 Å². The molecule has 0 saturated carbocycles. The molecule has 1 aliphatic heterocycles. The lowest BCUT2D eigenvalue weighted by molar-refractivity contribution is -0.105. The molecule has 0 unspecified atom stereocenters. The molecule has 0 spiro atoms. The summed E-state index contributed by atoms with van der Waals surface area (Å²) in [7, 11) is 0. The predicted molar refractivity (Wildman–Crippen MR) is 119 cm³/mol. The first-order chi connectivity index (χ1) is 14.6. The molecule has 10 heteroatoms. The number of carbonyl (C=O) groups is 1. The fraction of sp³-hybridized carbons (Fsp3) is 0.250. The number of nitrogens with zero attached hydrogens (tertiary/aromatic N) is 3. The lowest BCUT2D eigenvalue weighted by Gasteiger charge is -2.33. The fourth-order valence-electron chi connectivity index (χ4n) is 3.99. The number of amides is 1. The predicted octanol–water partition coefficient (Wildman–Crippen LogP) is 4.13. The normalized spacial score (nSPS) is 15.2. The number of aromatic nitrogens is 3. The minimum absolute atomic E-state index is 0.0591. The summed E-state index contributed by atoms with van der Waals surface area (Å²) in [4.78, 5) is 17.0. The minimum atomic E-state index is -0.466. The molecule has 2 aromatic heterocycles. The van der Waals surface area contributed by atoms with E-state index in [1.807, 2.05) is 23.1 Å². The number of halogens is 2. The number of hydrogen-bond acceptors (Lipinski definition) is 6. The molecule has 2 aromatic carbocycles. The van der Waals surface area contributed by atoms with E-state index in [0.29, 0.717) is 41.4 Å². The zero-order valence-corrected chi connectivity index (χ0v) is 17.4. The highest BCUT2D eigenvalue weighted by atomic mass is 35.5. The van der Waals surface area contributed by atoms with Crippen molar-refractivity contribution in [2.75, 3.05) is 23.3 Å². The number of benzene rings is 2. The number of rotatable bonds is 4. The van der Waals surface area contributed by atoms with Gasteiger partial charge in [0.1, 0.15) is 5.69 Å². The number of aromatic amines is 1. The first kappa shape index (κ1) is 19.2. The summed E-state index contributed by atoms with van der Waals surface area (Å²) in [6, 6.07) is 5.72. The van der Waals surface area contributed by atoms with Gasteiger partial charge in [0.05, 0.1) is 27.0 Å². The molecule has 0 atom stereocenters. The topological polar surface area (TPSA) is 99.9 Å². The number of thiazole rings is 1. The van der Waals surface area contributed by atoms with Gasteiger partial charge in [-0.05, 0) is 30.5 Å². The molecule has 4 aromatic rings. The van der Waals surface area contributed by atoms with Crippen molar-refractivity contribution in [1.29, 1.82) is 0 Å². The molecule has 0 bridgehead atoms. The van der Waals surface area contributed by atoms with Gasteiger partial charge in [0.2, 0.25) is 6.41 Å². The van der Waals surface area contributed by atoms with Crippen molar-refractivity contribution in [3.63, 3.8) is 0 Å². The van der Waals surface area contributed by atoms with E-state index >= 15 is 4.39 Å². The van der Waals surface area contributed by atoms with E-state index in [-0.39, 0.29) is 11.1 Å². The number of piperidine rings is 1. The molecule has 30 heavy (non-hydrogen) atoms. The Kier molecular flexibility index (Phi) is 4.80. The van der Waals surface area contributed by atoms with Crippen LogP contribution in [0.3, 0.4) is 0 Å². The van der Waals surface area contributed by atoms with Crippen LogP contribution in [0.1, 0.15) is 12.8 Å². The largest absolute Gasteiger partial charge is 0.367 e.